The van der Waals surface area contributed by atoms with Crippen molar-refractivity contribution in [1.82, 2.24) is 10.2 Å². The number of hydrogen-bond acceptors (Lipinski definition) is 5. The van der Waals surface area contributed by atoms with Crippen molar-refractivity contribution in [1.29, 1.82) is 0 Å². The van der Waals surface area contributed by atoms with Gasteiger partial charge < -0.3 is 9.73 Å². The number of nitrogens with zero attached hydrogens (tertiary/aromatic N) is 2. The highest BCUT2D eigenvalue weighted by molar-refractivity contribution is 7.99. The molecule has 0 saturated carbocycles. The molecule has 4 rings (SSSR count). The monoisotopic (exact) mass is 415 g/mol. The van der Waals surface area contributed by atoms with Crippen LogP contribution < -0.4 is 5.32 Å². The lowest BCUT2D eigenvalue weighted by Crippen LogP contribution is -2.14. The molecule has 1 amide bonds. The molecular formula is C24H21N3O2S. The van der Waals surface area contributed by atoms with Crippen molar-refractivity contribution in [3.8, 4) is 22.9 Å². The molecule has 4 aromatic rings. The van der Waals surface area contributed by atoms with Gasteiger partial charge in [0, 0.05) is 22.6 Å². The number of rotatable bonds is 7. The van der Waals surface area contributed by atoms with Gasteiger partial charge in [-0.05, 0) is 54.4 Å². The quantitative estimate of drug-likeness (QED) is 0.426. The maximum atomic E-state index is 12.2. The van der Waals surface area contributed by atoms with Crippen LogP contribution in [0.25, 0.3) is 22.9 Å². The Morgan fingerprint density at radius 2 is 1.50 bits per heavy atom. The van der Waals surface area contributed by atoms with Gasteiger partial charge in [0.05, 0.1) is 5.75 Å². The summed E-state index contributed by atoms with van der Waals surface area (Å²) >= 11 is 1.60. The Bertz CT molecular complexity index is 1120. The number of benzene rings is 3. The van der Waals surface area contributed by atoms with E-state index in [1.165, 1.54) is 11.1 Å². The molecule has 5 nitrogen and oxygen atoms in total. The molecule has 0 aliphatic carbocycles. The molecule has 0 aliphatic rings. The minimum atomic E-state index is -0.0227. The Balaban J connectivity index is 1.32. The average Bonchev–Trinajstić information content (AvgIpc) is 3.27. The Labute approximate surface area is 179 Å². The molecule has 30 heavy (non-hydrogen) atoms. The summed E-state index contributed by atoms with van der Waals surface area (Å²) < 4.78 is 5.77. The third-order valence-electron chi connectivity index (χ3n) is 4.61. The van der Waals surface area contributed by atoms with Crippen LogP contribution in [0.15, 0.2) is 83.3 Å². The molecule has 0 aliphatic heterocycles. The summed E-state index contributed by atoms with van der Waals surface area (Å²) in [6, 6.07) is 25.3. The fourth-order valence-electron chi connectivity index (χ4n) is 2.96. The number of carbonyl (C=O) groups excluding carboxylic acids is 1. The molecule has 0 bridgehead atoms. The Morgan fingerprint density at radius 3 is 2.20 bits per heavy atom. The standard InChI is InChI=1S/C24H21N3O2S/c1-17-7-5-6-10-20(17)15-30-16-22(28)25-21-13-11-19(12-14-21)24-27-26-23(29-24)18-8-3-2-4-9-18/h2-14H,15-16H2,1H3,(H,25,28). The molecule has 0 spiro atoms. The molecule has 0 fully saturated rings. The normalized spacial score (nSPS) is 10.7. The lowest BCUT2D eigenvalue weighted by Gasteiger charge is -2.07. The summed E-state index contributed by atoms with van der Waals surface area (Å²) in [5, 5.41) is 11.2. The lowest BCUT2D eigenvalue weighted by atomic mass is 10.1. The van der Waals surface area contributed by atoms with Crippen LogP contribution in [0, 0.1) is 6.92 Å². The van der Waals surface area contributed by atoms with Crippen molar-refractivity contribution >= 4 is 23.4 Å². The van der Waals surface area contributed by atoms with Crippen molar-refractivity contribution in [3.05, 3.63) is 90.0 Å². The van der Waals surface area contributed by atoms with Crippen molar-refractivity contribution in [3.63, 3.8) is 0 Å². The fourth-order valence-corrected chi connectivity index (χ4v) is 3.86. The van der Waals surface area contributed by atoms with Crippen molar-refractivity contribution in [2.75, 3.05) is 11.1 Å². The van der Waals surface area contributed by atoms with Crippen LogP contribution in [0.2, 0.25) is 0 Å². The number of nitrogens with one attached hydrogen (secondary N) is 1. The molecule has 3 aromatic carbocycles. The summed E-state index contributed by atoms with van der Waals surface area (Å²) in [5.41, 5.74) is 4.93. The summed E-state index contributed by atoms with van der Waals surface area (Å²) in [7, 11) is 0. The zero-order valence-corrected chi connectivity index (χ0v) is 17.4. The third kappa shape index (κ3) is 4.96. The largest absolute Gasteiger partial charge is 0.416 e. The van der Waals surface area contributed by atoms with E-state index in [0.717, 1.165) is 22.6 Å². The molecule has 1 aromatic heterocycles. The van der Waals surface area contributed by atoms with E-state index in [9.17, 15) is 4.79 Å². The van der Waals surface area contributed by atoms with Crippen molar-refractivity contribution in [2.24, 2.45) is 0 Å². The van der Waals surface area contributed by atoms with E-state index in [-0.39, 0.29) is 5.91 Å². The van der Waals surface area contributed by atoms with E-state index in [1.54, 1.807) is 11.8 Å². The first-order chi connectivity index (χ1) is 14.7. The van der Waals surface area contributed by atoms with Gasteiger partial charge in [0.25, 0.3) is 0 Å². The number of carbonyl (C=O) groups is 1. The summed E-state index contributed by atoms with van der Waals surface area (Å²) in [4.78, 5) is 12.2. The van der Waals surface area contributed by atoms with Gasteiger partial charge in [-0.15, -0.1) is 22.0 Å². The highest BCUT2D eigenvalue weighted by Crippen LogP contribution is 2.25. The topological polar surface area (TPSA) is 68.0 Å². The predicted octanol–water partition coefficient (Wildman–Crippen LogP) is 5.58. The number of hydrogen-bond donors (Lipinski definition) is 1. The van der Waals surface area contributed by atoms with Gasteiger partial charge in [0.15, 0.2) is 0 Å². The van der Waals surface area contributed by atoms with Crippen LogP contribution >= 0.6 is 11.8 Å². The van der Waals surface area contributed by atoms with E-state index >= 15 is 0 Å². The molecule has 1 N–H and O–H groups in total. The molecule has 1 heterocycles. The smallest absolute Gasteiger partial charge is 0.248 e. The number of anilines is 1. The van der Waals surface area contributed by atoms with Crippen molar-refractivity contribution in [2.45, 2.75) is 12.7 Å². The van der Waals surface area contributed by atoms with Crippen LogP contribution in [-0.2, 0) is 10.5 Å². The van der Waals surface area contributed by atoms with Crippen LogP contribution in [0.1, 0.15) is 11.1 Å². The number of amides is 1. The summed E-state index contributed by atoms with van der Waals surface area (Å²) in [5.74, 6) is 2.12. The minimum absolute atomic E-state index is 0.0227. The fraction of sp³-hybridized carbons (Fsp3) is 0.125. The van der Waals surface area contributed by atoms with Gasteiger partial charge in [0.1, 0.15) is 0 Å². The average molecular weight is 416 g/mol. The molecule has 0 unspecified atom stereocenters. The highest BCUT2D eigenvalue weighted by Gasteiger charge is 2.11. The van der Waals surface area contributed by atoms with Gasteiger partial charge in [-0.3, -0.25) is 4.79 Å². The first kappa shape index (κ1) is 19.9. The predicted molar refractivity (Wildman–Crippen MR) is 121 cm³/mol. The number of aromatic nitrogens is 2. The van der Waals surface area contributed by atoms with Gasteiger partial charge in [-0.2, -0.15) is 0 Å². The second-order valence-electron chi connectivity index (χ2n) is 6.82. The summed E-state index contributed by atoms with van der Waals surface area (Å²) in [6.45, 7) is 2.09. The van der Waals surface area contributed by atoms with E-state index in [4.69, 9.17) is 4.42 Å². The zero-order valence-electron chi connectivity index (χ0n) is 16.5. The maximum absolute atomic E-state index is 12.2. The van der Waals surface area contributed by atoms with Crippen LogP contribution in [0.5, 0.6) is 0 Å². The second-order valence-corrected chi connectivity index (χ2v) is 7.81. The van der Waals surface area contributed by atoms with Crippen molar-refractivity contribution < 1.29 is 9.21 Å². The molecule has 0 atom stereocenters. The number of aryl methyl sites for hydroxylation is 1. The van der Waals surface area contributed by atoms with Gasteiger partial charge in [-0.1, -0.05) is 42.5 Å². The van der Waals surface area contributed by atoms with Crippen LogP contribution in [0.4, 0.5) is 5.69 Å². The number of thioether (sulfide) groups is 1. The lowest BCUT2D eigenvalue weighted by molar-refractivity contribution is -0.113. The van der Waals surface area contributed by atoms with E-state index in [2.05, 4.69) is 34.6 Å². The highest BCUT2D eigenvalue weighted by atomic mass is 32.2. The molecule has 6 heteroatoms. The van der Waals surface area contributed by atoms with E-state index in [1.807, 2.05) is 66.7 Å². The molecule has 0 saturated heterocycles. The third-order valence-corrected chi connectivity index (χ3v) is 5.59. The molecular weight excluding hydrogens is 394 g/mol. The Kier molecular flexibility index (Phi) is 6.25. The Hall–Kier alpha value is -3.38. The molecule has 0 radical (unpaired) electrons. The van der Waals surface area contributed by atoms with Crippen LogP contribution in [0.3, 0.4) is 0 Å². The maximum Gasteiger partial charge on any atom is 0.248 e. The first-order valence-corrected chi connectivity index (χ1v) is 10.8. The van der Waals surface area contributed by atoms with Gasteiger partial charge in [0.2, 0.25) is 17.7 Å². The Morgan fingerprint density at radius 1 is 0.867 bits per heavy atom. The second kappa shape index (κ2) is 9.41. The minimum Gasteiger partial charge on any atom is -0.416 e. The SMILES string of the molecule is Cc1ccccc1CSCC(=O)Nc1ccc(-c2nnc(-c3ccccc3)o2)cc1. The van der Waals surface area contributed by atoms with Gasteiger partial charge >= 0.3 is 0 Å². The van der Waals surface area contributed by atoms with E-state index < -0.39 is 0 Å². The van der Waals surface area contributed by atoms with E-state index in [0.29, 0.717) is 17.5 Å². The summed E-state index contributed by atoms with van der Waals surface area (Å²) in [6.07, 6.45) is 0. The molecule has 150 valence electrons. The first-order valence-electron chi connectivity index (χ1n) is 9.60. The van der Waals surface area contributed by atoms with Crippen LogP contribution in [-0.4, -0.2) is 21.9 Å². The zero-order chi connectivity index (χ0) is 20.8. The van der Waals surface area contributed by atoms with Gasteiger partial charge in [-0.25, -0.2) is 0 Å².